The molecule has 0 bridgehead atoms. The molecule has 22 heavy (non-hydrogen) atoms. The molecule has 0 atom stereocenters. The van der Waals surface area contributed by atoms with Crippen molar-refractivity contribution in [3.63, 3.8) is 0 Å². The van der Waals surface area contributed by atoms with Gasteiger partial charge in [0.1, 0.15) is 5.75 Å². The molecule has 1 aromatic heterocycles. The van der Waals surface area contributed by atoms with Gasteiger partial charge in [0.25, 0.3) is 0 Å². The number of nitrogens with one attached hydrogen (secondary N) is 1. The van der Waals surface area contributed by atoms with Crippen molar-refractivity contribution in [1.29, 1.82) is 0 Å². The van der Waals surface area contributed by atoms with E-state index in [1.165, 1.54) is 30.5 Å². The second-order valence-corrected chi connectivity index (χ2v) is 5.76. The lowest BCUT2D eigenvalue weighted by Gasteiger charge is -2.07. The molecule has 0 aliphatic carbocycles. The molecular formula is C17H24Cl2N2O. The van der Waals surface area contributed by atoms with Crippen molar-refractivity contribution in [2.24, 2.45) is 0 Å². The van der Waals surface area contributed by atoms with Crippen molar-refractivity contribution < 1.29 is 4.74 Å². The third kappa shape index (κ3) is 5.54. The van der Waals surface area contributed by atoms with E-state index in [1.54, 1.807) is 0 Å². The Morgan fingerprint density at radius 1 is 1.09 bits per heavy atom. The quantitative estimate of drug-likeness (QED) is 0.662. The molecule has 5 heteroatoms. The molecule has 122 valence electrons. The van der Waals surface area contributed by atoms with Gasteiger partial charge in [-0.1, -0.05) is 36.6 Å². The highest BCUT2D eigenvalue weighted by molar-refractivity contribution is 6.32. The first-order valence-electron chi connectivity index (χ1n) is 7.56. The van der Waals surface area contributed by atoms with Gasteiger partial charge in [0.05, 0.1) is 17.3 Å². The van der Waals surface area contributed by atoms with E-state index in [9.17, 15) is 0 Å². The zero-order valence-electron chi connectivity index (χ0n) is 13.2. The molecule has 0 fully saturated rings. The summed E-state index contributed by atoms with van der Waals surface area (Å²) in [7, 11) is 0. The van der Waals surface area contributed by atoms with Crippen LogP contribution in [-0.2, 0) is 6.42 Å². The molecule has 0 saturated carbocycles. The molecule has 0 aliphatic heterocycles. The molecule has 0 saturated heterocycles. The van der Waals surface area contributed by atoms with Crippen LogP contribution in [0.15, 0.2) is 24.3 Å². The maximum atomic E-state index is 6.04. The van der Waals surface area contributed by atoms with E-state index < -0.39 is 0 Å². The van der Waals surface area contributed by atoms with Crippen LogP contribution in [-0.4, -0.2) is 16.8 Å². The third-order valence-electron chi connectivity index (χ3n) is 3.70. The highest BCUT2D eigenvalue weighted by atomic mass is 35.5. The van der Waals surface area contributed by atoms with E-state index in [0.717, 1.165) is 30.9 Å². The lowest BCUT2D eigenvalue weighted by atomic mass is 10.0. The number of benzene rings is 1. The Morgan fingerprint density at radius 2 is 1.82 bits per heavy atom. The minimum atomic E-state index is 0. The molecule has 1 aromatic carbocycles. The highest BCUT2D eigenvalue weighted by Crippen LogP contribution is 2.23. The molecule has 0 aliphatic rings. The van der Waals surface area contributed by atoms with Crippen molar-refractivity contribution in [1.82, 2.24) is 10.2 Å². The zero-order valence-corrected chi connectivity index (χ0v) is 14.8. The van der Waals surface area contributed by atoms with Gasteiger partial charge in [0.15, 0.2) is 0 Å². The Kier molecular flexibility index (Phi) is 8.36. The van der Waals surface area contributed by atoms with Crippen LogP contribution < -0.4 is 4.74 Å². The summed E-state index contributed by atoms with van der Waals surface area (Å²) in [5.74, 6) is 0.781. The number of hydrogen-bond donors (Lipinski definition) is 1. The summed E-state index contributed by atoms with van der Waals surface area (Å²) in [6.07, 6.45) is 5.78. The average molecular weight is 343 g/mol. The molecule has 0 unspecified atom stereocenters. The molecule has 0 radical (unpaired) electrons. The van der Waals surface area contributed by atoms with E-state index in [2.05, 4.69) is 24.0 Å². The van der Waals surface area contributed by atoms with Crippen LogP contribution in [0.5, 0.6) is 5.75 Å². The van der Waals surface area contributed by atoms with Gasteiger partial charge in [-0.05, 0) is 50.8 Å². The molecule has 2 aromatic rings. The Labute approximate surface area is 143 Å². The van der Waals surface area contributed by atoms with E-state index >= 15 is 0 Å². The van der Waals surface area contributed by atoms with Crippen molar-refractivity contribution in [2.75, 3.05) is 6.61 Å². The molecular weight excluding hydrogens is 319 g/mol. The predicted molar refractivity (Wildman–Crippen MR) is 94.4 cm³/mol. The smallest absolute Gasteiger partial charge is 0.137 e. The monoisotopic (exact) mass is 342 g/mol. The summed E-state index contributed by atoms with van der Waals surface area (Å²) in [6.45, 7) is 4.89. The zero-order chi connectivity index (χ0) is 15.1. The average Bonchev–Trinajstić information content (AvgIpc) is 2.79. The van der Waals surface area contributed by atoms with Crippen LogP contribution in [0.4, 0.5) is 0 Å². The van der Waals surface area contributed by atoms with Crippen LogP contribution in [0.1, 0.15) is 42.6 Å². The van der Waals surface area contributed by atoms with Gasteiger partial charge >= 0.3 is 0 Å². The molecule has 0 amide bonds. The summed E-state index contributed by atoms with van der Waals surface area (Å²) in [4.78, 5) is 0. The van der Waals surface area contributed by atoms with Gasteiger partial charge < -0.3 is 4.74 Å². The predicted octanol–water partition coefficient (Wildman–Crippen LogP) is 5.28. The number of nitrogens with zero attached hydrogens (tertiary/aromatic N) is 1. The molecule has 3 nitrogen and oxygen atoms in total. The number of para-hydroxylation sites is 1. The Balaban J connectivity index is 0.00000242. The SMILES string of the molecule is Cc1n[nH]c(C)c1CCCCCCOc1ccccc1Cl.Cl. The fraction of sp³-hybridized carbons (Fsp3) is 0.471. The Morgan fingerprint density at radius 3 is 2.50 bits per heavy atom. The molecule has 1 heterocycles. The summed E-state index contributed by atoms with van der Waals surface area (Å²) in [5, 5.41) is 7.95. The van der Waals surface area contributed by atoms with E-state index in [1.807, 2.05) is 24.3 Å². The van der Waals surface area contributed by atoms with Crippen LogP contribution in [0.25, 0.3) is 0 Å². The van der Waals surface area contributed by atoms with Gasteiger partial charge in [-0.25, -0.2) is 0 Å². The summed E-state index contributed by atoms with van der Waals surface area (Å²) in [5.41, 5.74) is 3.71. The number of ether oxygens (including phenoxy) is 1. The van der Waals surface area contributed by atoms with Gasteiger partial charge in [-0.15, -0.1) is 12.4 Å². The topological polar surface area (TPSA) is 37.9 Å². The number of aromatic amines is 1. The largest absolute Gasteiger partial charge is 0.492 e. The summed E-state index contributed by atoms with van der Waals surface area (Å²) < 4.78 is 5.68. The minimum Gasteiger partial charge on any atom is -0.492 e. The number of aryl methyl sites for hydroxylation is 2. The third-order valence-corrected chi connectivity index (χ3v) is 4.01. The first-order valence-corrected chi connectivity index (χ1v) is 7.94. The van der Waals surface area contributed by atoms with Crippen molar-refractivity contribution in [2.45, 2.75) is 46.0 Å². The Hall–Kier alpha value is -1.19. The van der Waals surface area contributed by atoms with Crippen molar-refractivity contribution in [3.8, 4) is 5.75 Å². The Bertz CT molecular complexity index is 550. The van der Waals surface area contributed by atoms with Gasteiger partial charge in [0, 0.05) is 5.69 Å². The van der Waals surface area contributed by atoms with E-state index in [0.29, 0.717) is 5.02 Å². The van der Waals surface area contributed by atoms with Crippen LogP contribution in [0.2, 0.25) is 5.02 Å². The fourth-order valence-electron chi connectivity index (χ4n) is 2.44. The van der Waals surface area contributed by atoms with Crippen molar-refractivity contribution >= 4 is 24.0 Å². The van der Waals surface area contributed by atoms with Gasteiger partial charge in [0.2, 0.25) is 0 Å². The standard InChI is InChI=1S/C17H23ClN2O.ClH/c1-13-15(14(2)20-19-13)9-5-3-4-8-12-21-17-11-7-6-10-16(17)18;/h6-7,10-11H,3-5,8-9,12H2,1-2H3,(H,19,20);1H. The van der Waals surface area contributed by atoms with E-state index in [-0.39, 0.29) is 12.4 Å². The van der Waals surface area contributed by atoms with Gasteiger partial charge in [-0.2, -0.15) is 5.10 Å². The summed E-state index contributed by atoms with van der Waals surface area (Å²) in [6, 6.07) is 7.62. The lowest BCUT2D eigenvalue weighted by molar-refractivity contribution is 0.305. The first-order chi connectivity index (χ1) is 10.2. The number of rotatable bonds is 8. The number of hydrogen-bond acceptors (Lipinski definition) is 2. The maximum absolute atomic E-state index is 6.04. The van der Waals surface area contributed by atoms with Gasteiger partial charge in [-0.3, -0.25) is 5.10 Å². The normalized spacial score (nSPS) is 10.3. The second kappa shape index (κ2) is 9.75. The highest BCUT2D eigenvalue weighted by Gasteiger charge is 2.05. The lowest BCUT2D eigenvalue weighted by Crippen LogP contribution is -1.98. The number of aromatic nitrogens is 2. The first kappa shape index (κ1) is 18.9. The van der Waals surface area contributed by atoms with Crippen molar-refractivity contribution in [3.05, 3.63) is 46.2 Å². The summed E-state index contributed by atoms with van der Waals surface area (Å²) >= 11 is 6.04. The number of H-pyrrole nitrogens is 1. The number of unbranched alkanes of at least 4 members (excludes halogenated alkanes) is 3. The molecule has 2 rings (SSSR count). The van der Waals surface area contributed by atoms with Crippen LogP contribution in [0.3, 0.4) is 0 Å². The van der Waals surface area contributed by atoms with Crippen LogP contribution in [0, 0.1) is 13.8 Å². The second-order valence-electron chi connectivity index (χ2n) is 5.36. The maximum Gasteiger partial charge on any atom is 0.137 e. The van der Waals surface area contributed by atoms with E-state index in [4.69, 9.17) is 16.3 Å². The minimum absolute atomic E-state index is 0. The molecule has 0 spiro atoms. The fourth-order valence-corrected chi connectivity index (χ4v) is 2.63. The number of halogens is 2. The van der Waals surface area contributed by atoms with Crippen LogP contribution >= 0.6 is 24.0 Å². The molecule has 1 N–H and O–H groups in total.